The summed E-state index contributed by atoms with van der Waals surface area (Å²) in [6, 6.07) is 9.48. The van der Waals surface area contributed by atoms with E-state index in [-0.39, 0.29) is 0 Å². The largest absolute Gasteiger partial charge is 0.502 e. The highest BCUT2D eigenvalue weighted by atomic mass is 16.5. The number of aliphatic hydroxyl groups is 1. The number of hydrogen-bond acceptors (Lipinski definition) is 2. The number of benzene rings is 1. The molecule has 70 valence electrons. The first kappa shape index (κ1) is 9.81. The third-order valence-corrected chi connectivity index (χ3v) is 1.89. The molecule has 0 amide bonds. The Morgan fingerprint density at radius 2 is 2.08 bits per heavy atom. The summed E-state index contributed by atoms with van der Waals surface area (Å²) in [6.45, 7) is 3.66. The Bertz CT molecular complexity index is 267. The minimum atomic E-state index is -0.520. The summed E-state index contributed by atoms with van der Waals surface area (Å²) < 4.78 is 4.89. The second-order valence-corrected chi connectivity index (χ2v) is 2.87. The Labute approximate surface area is 78.5 Å². The molecule has 0 heterocycles. The quantitative estimate of drug-likeness (QED) is 0.717. The van der Waals surface area contributed by atoms with Crippen LogP contribution in [-0.4, -0.2) is 12.2 Å². The molecular weight excluding hydrogens is 164 g/mol. The molecule has 1 atom stereocenters. The van der Waals surface area contributed by atoms with Crippen LogP contribution in [0.15, 0.2) is 42.7 Å². The van der Waals surface area contributed by atoms with Crippen LogP contribution in [0.3, 0.4) is 0 Å². The summed E-state index contributed by atoms with van der Waals surface area (Å²) in [4.78, 5) is 0. The molecule has 0 aliphatic carbocycles. The first-order valence-corrected chi connectivity index (χ1v) is 4.19. The van der Waals surface area contributed by atoms with Gasteiger partial charge in [-0.25, -0.2) is 0 Å². The molecule has 0 aromatic heterocycles. The van der Waals surface area contributed by atoms with Crippen LogP contribution < -0.4 is 0 Å². The van der Waals surface area contributed by atoms with Gasteiger partial charge in [-0.15, -0.1) is 0 Å². The predicted molar refractivity (Wildman–Crippen MR) is 52.2 cm³/mol. The van der Waals surface area contributed by atoms with Crippen LogP contribution in [0, 0.1) is 0 Å². The molecule has 0 aliphatic heterocycles. The average Bonchev–Trinajstić information content (AvgIpc) is 2.19. The van der Waals surface area contributed by atoms with Gasteiger partial charge in [0.15, 0.2) is 0 Å². The van der Waals surface area contributed by atoms with Crippen molar-refractivity contribution < 1.29 is 9.84 Å². The smallest absolute Gasteiger partial charge is 0.0913 e. The van der Waals surface area contributed by atoms with Crippen molar-refractivity contribution in [1.29, 1.82) is 0 Å². The SMILES string of the molecule is C=C(C[C@H](O)c1ccccc1)OC. The van der Waals surface area contributed by atoms with E-state index in [4.69, 9.17) is 4.74 Å². The molecule has 2 nitrogen and oxygen atoms in total. The number of methoxy groups -OCH3 is 1. The van der Waals surface area contributed by atoms with Crippen molar-refractivity contribution in [3.05, 3.63) is 48.2 Å². The molecule has 0 saturated carbocycles. The molecule has 13 heavy (non-hydrogen) atoms. The van der Waals surface area contributed by atoms with Crippen molar-refractivity contribution in [3.63, 3.8) is 0 Å². The fraction of sp³-hybridized carbons (Fsp3) is 0.273. The summed E-state index contributed by atoms with van der Waals surface area (Å²) in [5, 5.41) is 9.68. The van der Waals surface area contributed by atoms with E-state index in [9.17, 15) is 5.11 Å². The molecule has 1 aromatic carbocycles. The summed E-state index contributed by atoms with van der Waals surface area (Å²) in [6.07, 6.45) is -0.0748. The van der Waals surface area contributed by atoms with Gasteiger partial charge in [-0.2, -0.15) is 0 Å². The van der Waals surface area contributed by atoms with Gasteiger partial charge in [-0.1, -0.05) is 36.9 Å². The Morgan fingerprint density at radius 3 is 2.62 bits per heavy atom. The van der Waals surface area contributed by atoms with Crippen molar-refractivity contribution in [2.24, 2.45) is 0 Å². The minimum absolute atomic E-state index is 0.445. The van der Waals surface area contributed by atoms with Gasteiger partial charge in [0.2, 0.25) is 0 Å². The fourth-order valence-electron chi connectivity index (χ4n) is 1.09. The molecule has 2 heteroatoms. The second-order valence-electron chi connectivity index (χ2n) is 2.87. The molecule has 0 saturated heterocycles. The van der Waals surface area contributed by atoms with Crippen LogP contribution in [0.25, 0.3) is 0 Å². The van der Waals surface area contributed by atoms with E-state index in [1.807, 2.05) is 30.3 Å². The normalized spacial score (nSPS) is 12.2. The highest BCUT2D eigenvalue weighted by molar-refractivity contribution is 5.18. The number of aliphatic hydroxyl groups excluding tert-OH is 1. The summed E-state index contributed by atoms with van der Waals surface area (Å²) >= 11 is 0. The lowest BCUT2D eigenvalue weighted by molar-refractivity contribution is 0.150. The number of ether oxygens (including phenoxy) is 1. The van der Waals surface area contributed by atoms with E-state index < -0.39 is 6.10 Å². The lowest BCUT2D eigenvalue weighted by atomic mass is 10.1. The van der Waals surface area contributed by atoms with Gasteiger partial charge in [0.05, 0.1) is 19.0 Å². The van der Waals surface area contributed by atoms with Crippen molar-refractivity contribution in [2.45, 2.75) is 12.5 Å². The lowest BCUT2D eigenvalue weighted by Crippen LogP contribution is -1.99. The van der Waals surface area contributed by atoms with Crippen LogP contribution >= 0.6 is 0 Å². The summed E-state index contributed by atoms with van der Waals surface area (Å²) in [5.74, 6) is 0.594. The standard InChI is InChI=1S/C11H14O2/c1-9(13-2)8-11(12)10-6-4-3-5-7-10/h3-7,11-12H,1,8H2,2H3/t11-/m0/s1. The predicted octanol–water partition coefficient (Wildman–Crippen LogP) is 2.27. The molecule has 1 N–H and O–H groups in total. The van der Waals surface area contributed by atoms with Gasteiger partial charge in [0.25, 0.3) is 0 Å². The summed E-state index contributed by atoms with van der Waals surface area (Å²) in [5.41, 5.74) is 0.890. The zero-order valence-electron chi connectivity index (χ0n) is 7.73. The monoisotopic (exact) mass is 178 g/mol. The molecule has 0 unspecified atom stereocenters. The van der Waals surface area contributed by atoms with Crippen molar-refractivity contribution >= 4 is 0 Å². The Hall–Kier alpha value is -1.28. The number of hydrogen-bond donors (Lipinski definition) is 1. The van der Waals surface area contributed by atoms with Gasteiger partial charge in [0, 0.05) is 6.42 Å². The maximum atomic E-state index is 9.68. The molecule has 0 radical (unpaired) electrons. The highest BCUT2D eigenvalue weighted by Gasteiger charge is 2.08. The molecule has 0 aliphatic rings. The van der Waals surface area contributed by atoms with Crippen molar-refractivity contribution in [3.8, 4) is 0 Å². The van der Waals surface area contributed by atoms with E-state index >= 15 is 0 Å². The molecule has 0 fully saturated rings. The minimum Gasteiger partial charge on any atom is -0.502 e. The molecule has 0 bridgehead atoms. The topological polar surface area (TPSA) is 29.5 Å². The van der Waals surface area contributed by atoms with E-state index in [2.05, 4.69) is 6.58 Å². The molecule has 1 aromatic rings. The van der Waals surface area contributed by atoms with Gasteiger partial charge in [-0.3, -0.25) is 0 Å². The third kappa shape index (κ3) is 2.92. The highest BCUT2D eigenvalue weighted by Crippen LogP contribution is 2.19. The van der Waals surface area contributed by atoms with Crippen LogP contribution in [0.2, 0.25) is 0 Å². The second kappa shape index (κ2) is 4.67. The van der Waals surface area contributed by atoms with E-state index in [1.165, 1.54) is 0 Å². The van der Waals surface area contributed by atoms with Crippen molar-refractivity contribution in [2.75, 3.05) is 7.11 Å². The van der Waals surface area contributed by atoms with Gasteiger partial charge >= 0.3 is 0 Å². The van der Waals surface area contributed by atoms with E-state index in [1.54, 1.807) is 7.11 Å². The Balaban J connectivity index is 2.59. The average molecular weight is 178 g/mol. The van der Waals surface area contributed by atoms with E-state index in [0.29, 0.717) is 12.2 Å². The summed E-state index contributed by atoms with van der Waals surface area (Å²) in [7, 11) is 1.56. The Kier molecular flexibility index (Phi) is 3.53. The fourth-order valence-corrected chi connectivity index (χ4v) is 1.09. The zero-order valence-corrected chi connectivity index (χ0v) is 7.73. The van der Waals surface area contributed by atoms with Crippen LogP contribution in [0.1, 0.15) is 18.1 Å². The van der Waals surface area contributed by atoms with Crippen LogP contribution in [-0.2, 0) is 4.74 Å². The molecule has 1 rings (SSSR count). The van der Waals surface area contributed by atoms with Gasteiger partial charge in [0.1, 0.15) is 0 Å². The third-order valence-electron chi connectivity index (χ3n) is 1.89. The Morgan fingerprint density at radius 1 is 1.46 bits per heavy atom. The van der Waals surface area contributed by atoms with E-state index in [0.717, 1.165) is 5.56 Å². The molecule has 0 spiro atoms. The molecular formula is C11H14O2. The first-order valence-electron chi connectivity index (χ1n) is 4.19. The van der Waals surface area contributed by atoms with Gasteiger partial charge in [-0.05, 0) is 5.56 Å². The maximum Gasteiger partial charge on any atom is 0.0913 e. The zero-order chi connectivity index (χ0) is 9.68. The van der Waals surface area contributed by atoms with Crippen molar-refractivity contribution in [1.82, 2.24) is 0 Å². The van der Waals surface area contributed by atoms with Crippen LogP contribution in [0.5, 0.6) is 0 Å². The maximum absolute atomic E-state index is 9.68. The lowest BCUT2D eigenvalue weighted by Gasteiger charge is -2.11. The number of rotatable bonds is 4. The van der Waals surface area contributed by atoms with Gasteiger partial charge < -0.3 is 9.84 Å². The van der Waals surface area contributed by atoms with Crippen LogP contribution in [0.4, 0.5) is 0 Å². The first-order chi connectivity index (χ1) is 6.24.